The molecule has 1 aromatic heterocycles. The first kappa shape index (κ1) is 21.8. The molecule has 2 heterocycles. The van der Waals surface area contributed by atoms with Gasteiger partial charge in [-0.2, -0.15) is 0 Å². The Morgan fingerprint density at radius 3 is 2.61 bits per heavy atom. The number of benzene rings is 2. The molecule has 2 N–H and O–H groups in total. The Bertz CT molecular complexity index is 1250. The van der Waals surface area contributed by atoms with Crippen molar-refractivity contribution in [2.45, 2.75) is 24.3 Å². The summed E-state index contributed by atoms with van der Waals surface area (Å²) in [7, 11) is -0.352. The number of nitrogens with one attached hydrogen (secondary N) is 2. The van der Waals surface area contributed by atoms with Gasteiger partial charge in [0.15, 0.2) is 11.5 Å². The van der Waals surface area contributed by atoms with Gasteiger partial charge in [0, 0.05) is 19.6 Å². The van der Waals surface area contributed by atoms with Crippen molar-refractivity contribution in [3.63, 3.8) is 0 Å². The molecular weight excluding hydrogens is 438 g/mol. The summed E-state index contributed by atoms with van der Waals surface area (Å²) in [5.74, 6) is 1.47. The predicted octanol–water partition coefficient (Wildman–Crippen LogP) is 2.33. The van der Waals surface area contributed by atoms with Gasteiger partial charge in [-0.15, -0.1) is 0 Å². The van der Waals surface area contributed by atoms with Crippen molar-refractivity contribution in [3.8, 4) is 11.5 Å². The molecule has 2 aromatic carbocycles. The maximum absolute atomic E-state index is 12.6. The van der Waals surface area contributed by atoms with Gasteiger partial charge in [0.2, 0.25) is 10.0 Å². The second kappa shape index (κ2) is 8.99. The standard InChI is InChI=1S/C21H25N3O5S2/c1-28-18-10-14-6-9-24(13-15(14)11-19(18)29-2)8-3-7-22-31(26,27)16-4-5-17-20(12-16)30-21(25)23-17/h4-5,10-12,22H,3,6-9,13H2,1-2H3,(H,23,25). The molecule has 0 saturated heterocycles. The number of rotatable bonds is 8. The molecule has 10 heteroatoms. The molecular formula is C21H25N3O5S2. The minimum atomic E-state index is -3.62. The summed E-state index contributed by atoms with van der Waals surface area (Å²) in [6, 6.07) is 8.72. The Balaban J connectivity index is 1.33. The highest BCUT2D eigenvalue weighted by molar-refractivity contribution is 7.89. The van der Waals surface area contributed by atoms with Crippen LogP contribution < -0.4 is 19.1 Å². The molecule has 0 radical (unpaired) electrons. The third-order valence-electron chi connectivity index (χ3n) is 5.44. The van der Waals surface area contributed by atoms with E-state index in [1.54, 1.807) is 20.3 Å². The van der Waals surface area contributed by atoms with E-state index in [9.17, 15) is 13.2 Å². The van der Waals surface area contributed by atoms with Crippen LogP contribution in [0.2, 0.25) is 0 Å². The average molecular weight is 464 g/mol. The van der Waals surface area contributed by atoms with Crippen molar-refractivity contribution in [3.05, 3.63) is 51.1 Å². The van der Waals surface area contributed by atoms with E-state index in [0.717, 1.165) is 48.9 Å². The van der Waals surface area contributed by atoms with Crippen molar-refractivity contribution < 1.29 is 17.9 Å². The van der Waals surface area contributed by atoms with Crippen LogP contribution in [0.25, 0.3) is 10.2 Å². The van der Waals surface area contributed by atoms with Gasteiger partial charge in [0.05, 0.1) is 29.3 Å². The number of hydrogen-bond donors (Lipinski definition) is 2. The van der Waals surface area contributed by atoms with Crippen LogP contribution in [-0.4, -0.2) is 52.2 Å². The molecule has 1 aliphatic rings. The number of aromatic amines is 1. The fourth-order valence-electron chi connectivity index (χ4n) is 3.82. The van der Waals surface area contributed by atoms with Gasteiger partial charge in [-0.3, -0.25) is 9.69 Å². The number of nitrogens with zero attached hydrogens (tertiary/aromatic N) is 1. The van der Waals surface area contributed by atoms with Crippen LogP contribution in [0, 0.1) is 0 Å². The average Bonchev–Trinajstić information content (AvgIpc) is 3.14. The maximum atomic E-state index is 12.6. The zero-order chi connectivity index (χ0) is 22.0. The van der Waals surface area contributed by atoms with Gasteiger partial charge in [0.25, 0.3) is 0 Å². The Morgan fingerprint density at radius 2 is 1.87 bits per heavy atom. The fraction of sp³-hybridized carbons (Fsp3) is 0.381. The minimum absolute atomic E-state index is 0.170. The number of aromatic nitrogens is 1. The van der Waals surface area contributed by atoms with E-state index in [0.29, 0.717) is 23.2 Å². The van der Waals surface area contributed by atoms with E-state index in [1.165, 1.54) is 23.3 Å². The molecule has 0 spiro atoms. The third-order valence-corrected chi connectivity index (χ3v) is 7.75. The summed E-state index contributed by atoms with van der Waals surface area (Å²) in [6.07, 6.45) is 1.61. The van der Waals surface area contributed by atoms with E-state index in [1.807, 2.05) is 12.1 Å². The molecule has 0 bridgehead atoms. The number of sulfonamides is 1. The molecule has 0 saturated carbocycles. The summed E-state index contributed by atoms with van der Waals surface area (Å²) in [4.78, 5) is 16.4. The highest BCUT2D eigenvalue weighted by atomic mass is 32.2. The Kier molecular flexibility index (Phi) is 6.33. The van der Waals surface area contributed by atoms with E-state index in [-0.39, 0.29) is 9.77 Å². The van der Waals surface area contributed by atoms with Crippen molar-refractivity contribution in [2.75, 3.05) is 33.9 Å². The number of hydrogen-bond acceptors (Lipinski definition) is 7. The molecule has 0 unspecified atom stereocenters. The van der Waals surface area contributed by atoms with E-state index in [2.05, 4.69) is 14.6 Å². The SMILES string of the molecule is COc1cc2c(cc1OC)CN(CCCNS(=O)(=O)c1ccc3[nH]c(=O)sc3c1)CC2. The zero-order valence-electron chi connectivity index (χ0n) is 17.4. The first-order chi connectivity index (χ1) is 14.9. The molecule has 0 atom stereocenters. The zero-order valence-corrected chi connectivity index (χ0v) is 19.1. The molecule has 166 valence electrons. The van der Waals surface area contributed by atoms with Crippen molar-refractivity contribution >= 4 is 31.6 Å². The first-order valence-corrected chi connectivity index (χ1v) is 12.3. The predicted molar refractivity (Wildman–Crippen MR) is 121 cm³/mol. The largest absolute Gasteiger partial charge is 0.493 e. The normalized spacial score (nSPS) is 14.5. The fourth-order valence-corrected chi connectivity index (χ4v) is 5.77. The van der Waals surface area contributed by atoms with E-state index < -0.39 is 10.0 Å². The van der Waals surface area contributed by atoms with Crippen LogP contribution in [0.5, 0.6) is 11.5 Å². The highest BCUT2D eigenvalue weighted by Crippen LogP contribution is 2.33. The van der Waals surface area contributed by atoms with Gasteiger partial charge in [-0.1, -0.05) is 11.3 Å². The van der Waals surface area contributed by atoms with Crippen LogP contribution in [0.3, 0.4) is 0 Å². The van der Waals surface area contributed by atoms with Crippen molar-refractivity contribution in [1.29, 1.82) is 0 Å². The molecule has 0 aliphatic carbocycles. The van der Waals surface area contributed by atoms with Gasteiger partial charge >= 0.3 is 4.87 Å². The number of thiazole rings is 1. The molecule has 0 amide bonds. The van der Waals surface area contributed by atoms with E-state index in [4.69, 9.17) is 9.47 Å². The summed E-state index contributed by atoms with van der Waals surface area (Å²) in [5, 5.41) is 0. The lowest BCUT2D eigenvalue weighted by Gasteiger charge is -2.29. The highest BCUT2D eigenvalue weighted by Gasteiger charge is 2.20. The maximum Gasteiger partial charge on any atom is 0.305 e. The number of fused-ring (bicyclic) bond motifs is 2. The molecule has 31 heavy (non-hydrogen) atoms. The van der Waals surface area contributed by atoms with Gasteiger partial charge in [-0.25, -0.2) is 13.1 Å². The molecule has 3 aromatic rings. The topological polar surface area (TPSA) is 101 Å². The number of H-pyrrole nitrogens is 1. The van der Waals surface area contributed by atoms with Crippen molar-refractivity contribution in [1.82, 2.24) is 14.6 Å². The smallest absolute Gasteiger partial charge is 0.305 e. The number of ether oxygens (including phenoxy) is 2. The Labute approximate surface area is 184 Å². The van der Waals surface area contributed by atoms with Crippen LogP contribution >= 0.6 is 11.3 Å². The lowest BCUT2D eigenvalue weighted by Crippen LogP contribution is -2.33. The minimum Gasteiger partial charge on any atom is -0.493 e. The summed E-state index contributed by atoms with van der Waals surface area (Å²) < 4.78 is 39.3. The second-order valence-electron chi connectivity index (χ2n) is 7.43. The van der Waals surface area contributed by atoms with Crippen LogP contribution in [-0.2, 0) is 23.0 Å². The lowest BCUT2D eigenvalue weighted by molar-refractivity contribution is 0.250. The van der Waals surface area contributed by atoms with Crippen LogP contribution in [0.4, 0.5) is 0 Å². The first-order valence-electron chi connectivity index (χ1n) is 9.98. The molecule has 1 aliphatic heterocycles. The second-order valence-corrected chi connectivity index (χ2v) is 10.2. The van der Waals surface area contributed by atoms with Gasteiger partial charge in [-0.05, 0) is 60.8 Å². The molecule has 8 nitrogen and oxygen atoms in total. The van der Waals surface area contributed by atoms with Gasteiger partial charge in [0.1, 0.15) is 0 Å². The van der Waals surface area contributed by atoms with E-state index >= 15 is 0 Å². The third kappa shape index (κ3) is 4.77. The van der Waals surface area contributed by atoms with Crippen LogP contribution in [0.1, 0.15) is 17.5 Å². The number of methoxy groups -OCH3 is 2. The Hall–Kier alpha value is -2.40. The monoisotopic (exact) mass is 463 g/mol. The summed E-state index contributed by atoms with van der Waals surface area (Å²) >= 11 is 1.00. The molecule has 0 fully saturated rings. The quantitative estimate of drug-likeness (QED) is 0.498. The van der Waals surface area contributed by atoms with Crippen LogP contribution in [0.15, 0.2) is 40.0 Å². The van der Waals surface area contributed by atoms with Gasteiger partial charge < -0.3 is 14.5 Å². The lowest BCUT2D eigenvalue weighted by atomic mass is 9.98. The summed E-state index contributed by atoms with van der Waals surface area (Å²) in [5.41, 5.74) is 3.12. The Morgan fingerprint density at radius 1 is 1.13 bits per heavy atom. The summed E-state index contributed by atoms with van der Waals surface area (Å²) in [6.45, 7) is 2.84. The van der Waals surface area contributed by atoms with Crippen molar-refractivity contribution in [2.24, 2.45) is 0 Å². The molecule has 4 rings (SSSR count).